The fraction of sp³-hybridized carbons (Fsp3) is 0.647. The first kappa shape index (κ1) is 13.9. The third kappa shape index (κ3) is 2.84. The maximum absolute atomic E-state index is 9.92. The van der Waals surface area contributed by atoms with Gasteiger partial charge in [0.2, 0.25) is 0 Å². The van der Waals surface area contributed by atoms with E-state index in [1.165, 1.54) is 44.5 Å². The van der Waals surface area contributed by atoms with E-state index < -0.39 is 0 Å². The third-order valence-electron chi connectivity index (χ3n) is 4.88. The van der Waals surface area contributed by atoms with Crippen LogP contribution in [0.15, 0.2) is 24.3 Å². The molecule has 1 N–H and O–H groups in total. The second-order valence-electron chi connectivity index (χ2n) is 6.20. The molecule has 1 saturated carbocycles. The van der Waals surface area contributed by atoms with Gasteiger partial charge < -0.3 is 10.0 Å². The van der Waals surface area contributed by atoms with Crippen molar-refractivity contribution in [2.75, 3.05) is 31.1 Å². The monoisotopic (exact) mass is 274 g/mol. The van der Waals surface area contributed by atoms with Crippen molar-refractivity contribution in [1.29, 1.82) is 0 Å². The maximum Gasteiger partial charge on any atom is 0.0781 e. The predicted molar refractivity (Wildman–Crippen MR) is 83.1 cm³/mol. The molecule has 2 aliphatic rings. The summed E-state index contributed by atoms with van der Waals surface area (Å²) >= 11 is 0. The quantitative estimate of drug-likeness (QED) is 0.918. The molecule has 0 unspecified atom stereocenters. The zero-order chi connectivity index (χ0) is 13.9. The molecule has 1 atom stereocenters. The van der Waals surface area contributed by atoms with E-state index in [9.17, 15) is 5.11 Å². The van der Waals surface area contributed by atoms with E-state index in [4.69, 9.17) is 0 Å². The van der Waals surface area contributed by atoms with E-state index in [-0.39, 0.29) is 6.10 Å². The van der Waals surface area contributed by atoms with Gasteiger partial charge in [0.25, 0.3) is 0 Å². The normalized spacial score (nSPS) is 23.2. The van der Waals surface area contributed by atoms with E-state index in [1.807, 2.05) is 19.1 Å². The molecule has 1 aliphatic heterocycles. The Morgan fingerprint density at radius 2 is 1.70 bits per heavy atom. The van der Waals surface area contributed by atoms with Crippen LogP contribution < -0.4 is 4.90 Å². The minimum atomic E-state index is -0.390. The van der Waals surface area contributed by atoms with Crippen molar-refractivity contribution in [3.8, 4) is 0 Å². The van der Waals surface area contributed by atoms with Crippen LogP contribution in [0.4, 0.5) is 5.69 Å². The minimum absolute atomic E-state index is 0.390. The summed E-state index contributed by atoms with van der Waals surface area (Å²) in [4.78, 5) is 5.11. The topological polar surface area (TPSA) is 26.7 Å². The SMILES string of the molecule is C[C@H](O)c1ccccc1N1CCN(C2CCCC2)CC1. The van der Waals surface area contributed by atoms with Crippen LogP contribution in [0.3, 0.4) is 0 Å². The predicted octanol–water partition coefficient (Wildman–Crippen LogP) is 2.80. The van der Waals surface area contributed by atoms with E-state index in [1.54, 1.807) is 0 Å². The average molecular weight is 274 g/mol. The van der Waals surface area contributed by atoms with Crippen LogP contribution in [-0.2, 0) is 0 Å². The molecule has 0 bridgehead atoms. The Hall–Kier alpha value is -1.06. The summed E-state index contributed by atoms with van der Waals surface area (Å²) in [6.45, 7) is 6.35. The molecule has 1 saturated heterocycles. The molecule has 0 spiro atoms. The lowest BCUT2D eigenvalue weighted by Gasteiger charge is -2.40. The molecular weight excluding hydrogens is 248 g/mol. The number of benzene rings is 1. The molecule has 20 heavy (non-hydrogen) atoms. The van der Waals surface area contributed by atoms with Crippen molar-refractivity contribution >= 4 is 5.69 Å². The maximum atomic E-state index is 9.92. The Kier molecular flexibility index (Phi) is 4.27. The smallest absolute Gasteiger partial charge is 0.0781 e. The largest absolute Gasteiger partial charge is 0.389 e. The van der Waals surface area contributed by atoms with E-state index in [0.29, 0.717) is 0 Å². The summed E-state index contributed by atoms with van der Waals surface area (Å²) in [5.74, 6) is 0. The Morgan fingerprint density at radius 3 is 2.35 bits per heavy atom. The van der Waals surface area contributed by atoms with Gasteiger partial charge >= 0.3 is 0 Å². The lowest BCUT2D eigenvalue weighted by Crippen LogP contribution is -2.50. The standard InChI is InChI=1S/C17H26N2O/c1-14(20)16-8-4-5-9-17(16)19-12-10-18(11-13-19)15-6-2-3-7-15/h4-5,8-9,14-15,20H,2-3,6-7,10-13H2,1H3/t14-/m0/s1. The van der Waals surface area contributed by atoms with Crippen molar-refractivity contribution < 1.29 is 5.11 Å². The second-order valence-corrected chi connectivity index (χ2v) is 6.20. The molecule has 110 valence electrons. The minimum Gasteiger partial charge on any atom is -0.389 e. The fourth-order valence-corrected chi connectivity index (χ4v) is 3.73. The van der Waals surface area contributed by atoms with Crippen LogP contribution in [0.5, 0.6) is 0 Å². The molecule has 1 aromatic carbocycles. The van der Waals surface area contributed by atoms with Crippen molar-refractivity contribution in [2.45, 2.75) is 44.8 Å². The van der Waals surface area contributed by atoms with Gasteiger partial charge in [-0.05, 0) is 25.8 Å². The number of hydrogen-bond acceptors (Lipinski definition) is 3. The van der Waals surface area contributed by atoms with Crippen molar-refractivity contribution in [1.82, 2.24) is 4.90 Å². The molecule has 0 aromatic heterocycles. The number of aliphatic hydroxyl groups is 1. The Bertz CT molecular complexity index is 432. The summed E-state index contributed by atoms with van der Waals surface area (Å²) in [5, 5.41) is 9.92. The molecule has 1 aliphatic carbocycles. The van der Waals surface area contributed by atoms with Crippen LogP contribution in [-0.4, -0.2) is 42.2 Å². The van der Waals surface area contributed by atoms with Gasteiger partial charge in [-0.15, -0.1) is 0 Å². The molecule has 3 heteroatoms. The van der Waals surface area contributed by atoms with Gasteiger partial charge in [-0.1, -0.05) is 31.0 Å². The molecule has 1 heterocycles. The summed E-state index contributed by atoms with van der Waals surface area (Å²) in [5.41, 5.74) is 2.27. The number of hydrogen-bond donors (Lipinski definition) is 1. The van der Waals surface area contributed by atoms with Gasteiger partial charge in [-0.3, -0.25) is 4.90 Å². The van der Waals surface area contributed by atoms with Gasteiger partial charge in [-0.25, -0.2) is 0 Å². The zero-order valence-electron chi connectivity index (χ0n) is 12.5. The highest BCUT2D eigenvalue weighted by molar-refractivity contribution is 5.54. The summed E-state index contributed by atoms with van der Waals surface area (Å²) in [6.07, 6.45) is 5.22. The van der Waals surface area contributed by atoms with Crippen LogP contribution in [0.2, 0.25) is 0 Å². The molecular formula is C17H26N2O. The van der Waals surface area contributed by atoms with Crippen LogP contribution in [0.25, 0.3) is 0 Å². The highest BCUT2D eigenvalue weighted by Gasteiger charge is 2.26. The van der Waals surface area contributed by atoms with Crippen molar-refractivity contribution in [3.05, 3.63) is 29.8 Å². The van der Waals surface area contributed by atoms with Gasteiger partial charge in [0.05, 0.1) is 6.10 Å². The van der Waals surface area contributed by atoms with Gasteiger partial charge in [0.1, 0.15) is 0 Å². The van der Waals surface area contributed by atoms with Crippen LogP contribution in [0, 0.1) is 0 Å². The summed E-state index contributed by atoms with van der Waals surface area (Å²) < 4.78 is 0. The summed E-state index contributed by atoms with van der Waals surface area (Å²) in [6, 6.07) is 9.12. The number of nitrogens with zero attached hydrogens (tertiary/aromatic N) is 2. The van der Waals surface area contributed by atoms with Gasteiger partial charge in [-0.2, -0.15) is 0 Å². The molecule has 2 fully saturated rings. The van der Waals surface area contributed by atoms with Gasteiger partial charge in [0, 0.05) is 43.5 Å². The molecule has 0 amide bonds. The number of piperazine rings is 1. The van der Waals surface area contributed by atoms with Crippen LogP contribution >= 0.6 is 0 Å². The first-order chi connectivity index (χ1) is 9.75. The Morgan fingerprint density at radius 1 is 1.05 bits per heavy atom. The first-order valence-electron chi connectivity index (χ1n) is 8.01. The van der Waals surface area contributed by atoms with E-state index in [2.05, 4.69) is 21.9 Å². The zero-order valence-corrected chi connectivity index (χ0v) is 12.5. The van der Waals surface area contributed by atoms with Crippen molar-refractivity contribution in [3.63, 3.8) is 0 Å². The fourth-order valence-electron chi connectivity index (χ4n) is 3.73. The van der Waals surface area contributed by atoms with Gasteiger partial charge in [0.15, 0.2) is 0 Å². The Balaban J connectivity index is 1.66. The van der Waals surface area contributed by atoms with E-state index in [0.717, 1.165) is 24.7 Å². The first-order valence-corrected chi connectivity index (χ1v) is 8.01. The lowest BCUT2D eigenvalue weighted by atomic mass is 10.1. The number of rotatable bonds is 3. The molecule has 3 nitrogen and oxygen atoms in total. The molecule has 3 rings (SSSR count). The number of para-hydroxylation sites is 1. The molecule has 0 radical (unpaired) electrons. The Labute approximate surface area is 122 Å². The average Bonchev–Trinajstić information content (AvgIpc) is 3.02. The molecule has 1 aromatic rings. The number of aliphatic hydroxyl groups excluding tert-OH is 1. The van der Waals surface area contributed by atoms with Crippen LogP contribution in [0.1, 0.15) is 44.3 Å². The summed E-state index contributed by atoms with van der Waals surface area (Å²) in [7, 11) is 0. The highest BCUT2D eigenvalue weighted by Crippen LogP contribution is 2.29. The lowest BCUT2D eigenvalue weighted by molar-refractivity contribution is 0.185. The third-order valence-corrected chi connectivity index (χ3v) is 4.88. The highest BCUT2D eigenvalue weighted by atomic mass is 16.3. The van der Waals surface area contributed by atoms with Crippen molar-refractivity contribution in [2.24, 2.45) is 0 Å². The second kappa shape index (κ2) is 6.15. The van der Waals surface area contributed by atoms with E-state index >= 15 is 0 Å². The number of anilines is 1.